The van der Waals surface area contributed by atoms with E-state index in [2.05, 4.69) is 246 Å². The van der Waals surface area contributed by atoms with Crippen molar-refractivity contribution in [3.63, 3.8) is 0 Å². The van der Waals surface area contributed by atoms with Crippen molar-refractivity contribution in [1.29, 1.82) is 0 Å². The number of aromatic nitrogens is 2. The van der Waals surface area contributed by atoms with Crippen molar-refractivity contribution in [2.75, 3.05) is 0 Å². The summed E-state index contributed by atoms with van der Waals surface area (Å²) in [7, 11) is 0. The van der Waals surface area contributed by atoms with Crippen LogP contribution in [-0.4, -0.2) is 15.8 Å². The third-order valence-electron chi connectivity index (χ3n) is 15.4. The second-order valence-electron chi connectivity index (χ2n) is 19.1. The van der Waals surface area contributed by atoms with Gasteiger partial charge < -0.3 is 18.6 Å². The maximum absolute atomic E-state index is 7.30. The van der Waals surface area contributed by atoms with E-state index >= 15 is 0 Å². The van der Waals surface area contributed by atoms with Gasteiger partial charge in [0.05, 0.1) is 22.1 Å². The number of fused-ring (bicyclic) bond motifs is 13. The quantitative estimate of drug-likeness (QED) is 0.130. The van der Waals surface area contributed by atoms with Gasteiger partial charge in [-0.2, -0.15) is 0 Å². The first-order valence-electron chi connectivity index (χ1n) is 24.4. The van der Waals surface area contributed by atoms with Gasteiger partial charge in [-0.3, -0.25) is 0 Å². The van der Waals surface area contributed by atoms with Crippen LogP contribution in [0.3, 0.4) is 0 Å². The van der Waals surface area contributed by atoms with E-state index < -0.39 is 0 Å². The van der Waals surface area contributed by atoms with E-state index in [0.29, 0.717) is 0 Å². The molecule has 0 spiro atoms. The van der Waals surface area contributed by atoms with E-state index in [1.54, 1.807) is 0 Å². The zero-order valence-electron chi connectivity index (χ0n) is 38.3. The van der Waals surface area contributed by atoms with E-state index in [-0.39, 0.29) is 6.71 Å². The maximum atomic E-state index is 7.30. The summed E-state index contributed by atoms with van der Waals surface area (Å²) in [4.78, 5) is 0. The second kappa shape index (κ2) is 14.6. The smallest absolute Gasteiger partial charge is 0.260 e. The molecule has 0 bridgehead atoms. The Kier molecular flexibility index (Phi) is 7.94. The van der Waals surface area contributed by atoms with Crippen molar-refractivity contribution in [3.05, 3.63) is 237 Å². The van der Waals surface area contributed by atoms with E-state index in [0.717, 1.165) is 84.0 Å². The predicted octanol–water partition coefficient (Wildman–Crippen LogP) is 15.4. The van der Waals surface area contributed by atoms with Crippen LogP contribution in [0, 0.1) is 0 Å². The molecule has 71 heavy (non-hydrogen) atoms. The lowest BCUT2D eigenvalue weighted by Gasteiger charge is -2.34. The Bertz CT molecular complexity index is 4270. The molecule has 2 aromatic heterocycles. The predicted molar refractivity (Wildman–Crippen MR) is 296 cm³/mol. The number of para-hydroxylation sites is 4. The average molecular weight is 903 g/mol. The first-order valence-corrected chi connectivity index (χ1v) is 24.4. The molecule has 2 aliphatic heterocycles. The largest absolute Gasteiger partial charge is 0.458 e. The molecular weight excluding hydrogens is 864 g/mol. The summed E-state index contributed by atoms with van der Waals surface area (Å²) in [5.74, 6) is 3.29. The first kappa shape index (κ1) is 38.6. The summed E-state index contributed by atoms with van der Waals surface area (Å²) in [5, 5.41) is 12.1. The molecule has 0 radical (unpaired) electrons. The topological polar surface area (TPSA) is 28.3 Å². The summed E-state index contributed by atoms with van der Waals surface area (Å²) in [6.45, 7) is -0.135. The van der Waals surface area contributed by atoms with Gasteiger partial charge in [-0.25, -0.2) is 0 Å². The van der Waals surface area contributed by atoms with Crippen LogP contribution >= 0.6 is 0 Å². The third-order valence-corrected chi connectivity index (χ3v) is 15.4. The normalized spacial score (nSPS) is 12.7. The van der Waals surface area contributed by atoms with Gasteiger partial charge in [0.2, 0.25) is 0 Å². The fourth-order valence-electron chi connectivity index (χ4n) is 12.4. The molecule has 14 aromatic rings. The minimum atomic E-state index is -0.135. The Morgan fingerprint density at radius 1 is 0.282 bits per heavy atom. The fourth-order valence-corrected chi connectivity index (χ4v) is 12.4. The highest BCUT2D eigenvalue weighted by Gasteiger charge is 2.41. The lowest BCUT2D eigenvalue weighted by atomic mass is 9.35. The number of ether oxygens (including phenoxy) is 2. The molecule has 0 aliphatic carbocycles. The SMILES string of the molecule is c1ccc2cc(-c3c4ccccc4c(-c4cc5c6c(c4)Oc4cc(-n7c8ccccc8c8ccccc87)ccc4B6c4ccc(-n6c7ccccc7c7ccccc76)cc4O5)c4ccccc34)ccc2c1. The zero-order chi connectivity index (χ0) is 46.3. The number of hydrogen-bond donors (Lipinski definition) is 0. The van der Waals surface area contributed by atoms with Gasteiger partial charge in [0.1, 0.15) is 23.0 Å². The van der Waals surface area contributed by atoms with Gasteiger partial charge >= 0.3 is 0 Å². The Labute approximate surface area is 408 Å². The van der Waals surface area contributed by atoms with Gasteiger partial charge in [-0.05, 0) is 120 Å². The molecule has 4 heterocycles. The third kappa shape index (κ3) is 5.51. The molecule has 0 atom stereocenters. The van der Waals surface area contributed by atoms with E-state index in [4.69, 9.17) is 9.47 Å². The van der Waals surface area contributed by atoms with E-state index in [1.165, 1.54) is 65.0 Å². The van der Waals surface area contributed by atoms with Gasteiger partial charge in [0, 0.05) is 50.5 Å². The highest BCUT2D eigenvalue weighted by molar-refractivity contribution is 6.98. The summed E-state index contributed by atoms with van der Waals surface area (Å²) in [5.41, 5.74) is 14.6. The Morgan fingerprint density at radius 2 is 0.662 bits per heavy atom. The molecule has 16 rings (SSSR count). The molecular formula is C66H39BN2O2. The van der Waals surface area contributed by atoms with Gasteiger partial charge in [0.15, 0.2) is 0 Å². The van der Waals surface area contributed by atoms with Gasteiger partial charge in [-0.15, -0.1) is 0 Å². The molecule has 0 saturated heterocycles. The summed E-state index contributed by atoms with van der Waals surface area (Å²) >= 11 is 0. The van der Waals surface area contributed by atoms with Gasteiger partial charge in [-0.1, -0.05) is 170 Å². The van der Waals surface area contributed by atoms with Crippen molar-refractivity contribution in [3.8, 4) is 56.6 Å². The molecule has 0 fully saturated rings. The van der Waals surface area contributed by atoms with E-state index in [9.17, 15) is 0 Å². The Balaban J connectivity index is 0.940. The molecule has 4 nitrogen and oxygen atoms in total. The number of rotatable bonds is 4. The number of benzene rings is 12. The minimum absolute atomic E-state index is 0.135. The highest BCUT2D eigenvalue weighted by atomic mass is 16.5. The summed E-state index contributed by atoms with van der Waals surface area (Å²) in [6, 6.07) is 86.1. The Morgan fingerprint density at radius 3 is 1.11 bits per heavy atom. The molecule has 0 N–H and O–H groups in total. The lowest BCUT2D eigenvalue weighted by Crippen LogP contribution is -2.57. The van der Waals surface area contributed by atoms with Crippen LogP contribution < -0.4 is 25.9 Å². The molecule has 0 saturated carbocycles. The minimum Gasteiger partial charge on any atom is -0.458 e. The maximum Gasteiger partial charge on any atom is 0.260 e. The highest BCUT2D eigenvalue weighted by Crippen LogP contribution is 2.47. The molecule has 5 heteroatoms. The lowest BCUT2D eigenvalue weighted by molar-refractivity contribution is 0.465. The van der Waals surface area contributed by atoms with Crippen LogP contribution in [0.15, 0.2) is 237 Å². The molecule has 12 aromatic carbocycles. The molecule has 328 valence electrons. The number of hydrogen-bond acceptors (Lipinski definition) is 2. The monoisotopic (exact) mass is 902 g/mol. The Hall–Kier alpha value is -9.32. The van der Waals surface area contributed by atoms with Crippen LogP contribution in [0.2, 0.25) is 0 Å². The van der Waals surface area contributed by atoms with Crippen molar-refractivity contribution in [2.45, 2.75) is 0 Å². The van der Waals surface area contributed by atoms with E-state index in [1.807, 2.05) is 0 Å². The van der Waals surface area contributed by atoms with Crippen molar-refractivity contribution < 1.29 is 9.47 Å². The first-order chi connectivity index (χ1) is 35.2. The summed E-state index contributed by atoms with van der Waals surface area (Å²) < 4.78 is 19.4. The molecule has 0 unspecified atom stereocenters. The standard InChI is InChI=1S/C66H39BN2O2/c1-2-16-41-35-42(30-29-40(41)15-1)64-50-21-3-5-23-52(50)65(53-24-6-4-22-51(53)64)43-36-62-66-63(37-43)71-61-39-45(69-58-27-13-9-19-48(58)49-20-10-14-28-59(49)69)32-34-55(61)67(66)54-33-31-44(38-60(54)70-62)68-56-25-11-7-17-46(56)47-18-8-12-26-57(47)68/h1-39H. The summed E-state index contributed by atoms with van der Waals surface area (Å²) in [6.07, 6.45) is 0. The fraction of sp³-hybridized carbons (Fsp3) is 0. The van der Waals surface area contributed by atoms with Crippen LogP contribution in [-0.2, 0) is 0 Å². The molecule has 0 amide bonds. The van der Waals surface area contributed by atoms with Crippen LogP contribution in [0.25, 0.3) is 110 Å². The average Bonchev–Trinajstić information content (AvgIpc) is 3.95. The van der Waals surface area contributed by atoms with Crippen molar-refractivity contribution >= 4 is 99.0 Å². The van der Waals surface area contributed by atoms with Crippen molar-refractivity contribution in [1.82, 2.24) is 9.13 Å². The van der Waals surface area contributed by atoms with Crippen LogP contribution in [0.5, 0.6) is 23.0 Å². The second-order valence-corrected chi connectivity index (χ2v) is 19.1. The zero-order valence-corrected chi connectivity index (χ0v) is 38.3. The number of nitrogens with zero attached hydrogens (tertiary/aromatic N) is 2. The van der Waals surface area contributed by atoms with Gasteiger partial charge in [0.25, 0.3) is 6.71 Å². The molecule has 2 aliphatic rings. The van der Waals surface area contributed by atoms with Crippen LogP contribution in [0.1, 0.15) is 0 Å². The van der Waals surface area contributed by atoms with Crippen molar-refractivity contribution in [2.24, 2.45) is 0 Å². The van der Waals surface area contributed by atoms with Crippen LogP contribution in [0.4, 0.5) is 0 Å².